The molecule has 254 valence electrons. The standard InChI is InChI=1S/C35H55NO6S3/c1-9-15-17-25(11-3)23-41-30-22-32(42-24-26(12-4)18-16-10-2)34(45(38)14-6)20-28(30)36-35(43)27-19-33(44(37)13-5)31(40-8)21-29(27)39-7/h19-22,25-26H,9-18,23-24H2,1-8H3,(H,36,43). The van der Waals surface area contributed by atoms with E-state index in [4.69, 9.17) is 31.2 Å². The van der Waals surface area contributed by atoms with Crippen LogP contribution in [0.25, 0.3) is 0 Å². The zero-order valence-corrected chi connectivity index (χ0v) is 31.1. The number of anilines is 1. The lowest BCUT2D eigenvalue weighted by Crippen LogP contribution is -2.17. The first-order valence-electron chi connectivity index (χ1n) is 16.5. The van der Waals surface area contributed by atoms with E-state index in [-0.39, 0.29) is 0 Å². The molecule has 0 spiro atoms. The van der Waals surface area contributed by atoms with Gasteiger partial charge in [-0.25, -0.2) is 0 Å². The summed E-state index contributed by atoms with van der Waals surface area (Å²) in [6.07, 6.45) is 8.80. The van der Waals surface area contributed by atoms with Crippen LogP contribution in [0.1, 0.15) is 98.5 Å². The van der Waals surface area contributed by atoms with Gasteiger partial charge in [-0.1, -0.05) is 92.3 Å². The van der Waals surface area contributed by atoms with Gasteiger partial charge in [0.25, 0.3) is 0 Å². The maximum absolute atomic E-state index is 13.4. The molecule has 1 N–H and O–H groups in total. The number of benzene rings is 2. The van der Waals surface area contributed by atoms with E-state index in [1.807, 2.05) is 26.0 Å². The number of methoxy groups -OCH3 is 2. The van der Waals surface area contributed by atoms with Gasteiger partial charge in [0, 0.05) is 23.6 Å². The highest BCUT2D eigenvalue weighted by atomic mass is 32.2. The lowest BCUT2D eigenvalue weighted by atomic mass is 10.0. The van der Waals surface area contributed by atoms with Gasteiger partial charge in [0.2, 0.25) is 0 Å². The Bertz CT molecular complexity index is 1270. The van der Waals surface area contributed by atoms with Crippen molar-refractivity contribution in [1.29, 1.82) is 0 Å². The minimum atomic E-state index is -1.29. The van der Waals surface area contributed by atoms with Gasteiger partial charge in [-0.2, -0.15) is 0 Å². The zero-order valence-electron chi connectivity index (χ0n) is 28.6. The highest BCUT2D eigenvalue weighted by Gasteiger charge is 2.22. The number of nitrogens with one attached hydrogen (secondary N) is 1. The summed E-state index contributed by atoms with van der Waals surface area (Å²) < 4.78 is 50.3. The first-order chi connectivity index (χ1) is 21.7. The van der Waals surface area contributed by atoms with Crippen molar-refractivity contribution in [2.24, 2.45) is 11.8 Å². The van der Waals surface area contributed by atoms with Gasteiger partial charge in [-0.15, -0.1) is 0 Å². The van der Waals surface area contributed by atoms with Crippen LogP contribution in [0.4, 0.5) is 5.69 Å². The van der Waals surface area contributed by atoms with Crippen molar-refractivity contribution in [2.45, 2.75) is 103 Å². The van der Waals surface area contributed by atoms with Crippen LogP contribution in [-0.2, 0) is 21.6 Å². The minimum absolute atomic E-state index is 0.360. The molecule has 0 saturated carbocycles. The summed E-state index contributed by atoms with van der Waals surface area (Å²) >= 11 is 5.91. The second-order valence-corrected chi connectivity index (χ2v) is 15.0. The Labute approximate surface area is 282 Å². The van der Waals surface area contributed by atoms with E-state index in [9.17, 15) is 8.42 Å². The second kappa shape index (κ2) is 20.9. The molecule has 4 atom stereocenters. The molecule has 0 fully saturated rings. The van der Waals surface area contributed by atoms with Crippen molar-refractivity contribution in [2.75, 3.05) is 44.3 Å². The monoisotopic (exact) mass is 681 g/mol. The molecule has 7 nitrogen and oxygen atoms in total. The third kappa shape index (κ3) is 11.5. The van der Waals surface area contributed by atoms with Crippen LogP contribution in [-0.4, -0.2) is 52.3 Å². The van der Waals surface area contributed by atoms with Gasteiger partial charge >= 0.3 is 0 Å². The zero-order chi connectivity index (χ0) is 33.4. The molecular weight excluding hydrogens is 627 g/mol. The smallest absolute Gasteiger partial charge is 0.146 e. The third-order valence-electron chi connectivity index (χ3n) is 8.08. The average Bonchev–Trinajstić information content (AvgIpc) is 3.07. The van der Waals surface area contributed by atoms with E-state index in [2.05, 4.69) is 33.0 Å². The fraction of sp³-hybridized carbons (Fsp3) is 0.629. The van der Waals surface area contributed by atoms with Crippen molar-refractivity contribution in [3.05, 3.63) is 29.8 Å². The predicted octanol–water partition coefficient (Wildman–Crippen LogP) is 8.94. The number of thiocarbonyl (C=S) groups is 1. The summed E-state index contributed by atoms with van der Waals surface area (Å²) in [4.78, 5) is 1.51. The molecule has 4 unspecified atom stereocenters. The molecule has 0 aliphatic heterocycles. The topological polar surface area (TPSA) is 83.1 Å². The van der Waals surface area contributed by atoms with Gasteiger partial charge in [0.1, 0.15) is 28.0 Å². The Morgan fingerprint density at radius 3 is 1.67 bits per heavy atom. The Morgan fingerprint density at radius 2 is 1.20 bits per heavy atom. The Morgan fingerprint density at radius 1 is 0.711 bits per heavy atom. The van der Waals surface area contributed by atoms with Crippen LogP contribution >= 0.6 is 12.2 Å². The molecule has 2 aromatic rings. The highest BCUT2D eigenvalue weighted by molar-refractivity contribution is 7.85. The van der Waals surface area contributed by atoms with E-state index in [0.717, 1.165) is 51.4 Å². The number of hydrogen-bond donors (Lipinski definition) is 1. The lowest BCUT2D eigenvalue weighted by Gasteiger charge is -2.22. The molecule has 10 heteroatoms. The summed E-state index contributed by atoms with van der Waals surface area (Å²) in [7, 11) is 0.541. The number of ether oxygens (including phenoxy) is 4. The average molecular weight is 682 g/mol. The molecule has 0 aliphatic carbocycles. The van der Waals surface area contributed by atoms with E-state index >= 15 is 0 Å². The van der Waals surface area contributed by atoms with Crippen LogP contribution in [0.15, 0.2) is 34.1 Å². The Balaban J connectivity index is 2.60. The van der Waals surface area contributed by atoms with Crippen molar-refractivity contribution in [3.63, 3.8) is 0 Å². The van der Waals surface area contributed by atoms with Gasteiger partial charge in [-0.05, 0) is 36.8 Å². The van der Waals surface area contributed by atoms with Gasteiger partial charge < -0.3 is 24.3 Å². The number of unbranched alkanes of at least 4 members (excludes halogenated alkanes) is 2. The van der Waals surface area contributed by atoms with E-state index in [0.29, 0.717) is 85.6 Å². The third-order valence-corrected chi connectivity index (χ3v) is 11.1. The van der Waals surface area contributed by atoms with Gasteiger partial charge in [0.15, 0.2) is 0 Å². The fourth-order valence-electron chi connectivity index (χ4n) is 4.99. The summed E-state index contributed by atoms with van der Waals surface area (Å²) in [6, 6.07) is 7.18. The van der Waals surface area contributed by atoms with E-state index in [1.54, 1.807) is 26.4 Å². The SMILES string of the molecule is CCCCC(CC)COc1cc(OCC(CC)CCCC)c(S(=O)CC)cc1NC(=S)c1cc(S(=O)CC)c(OC)cc1OC. The molecule has 0 aliphatic rings. The predicted molar refractivity (Wildman–Crippen MR) is 193 cm³/mol. The normalized spacial score (nSPS) is 13.9. The number of rotatable bonds is 22. The van der Waals surface area contributed by atoms with E-state index in [1.165, 1.54) is 0 Å². The van der Waals surface area contributed by atoms with Crippen molar-refractivity contribution in [1.82, 2.24) is 0 Å². The first-order valence-corrected chi connectivity index (χ1v) is 19.5. The molecule has 0 saturated heterocycles. The lowest BCUT2D eigenvalue weighted by molar-refractivity contribution is 0.220. The molecule has 0 radical (unpaired) electrons. The quantitative estimate of drug-likeness (QED) is 0.123. The van der Waals surface area contributed by atoms with Gasteiger partial charge in [0.05, 0.1) is 70.1 Å². The molecule has 0 heterocycles. The first kappa shape index (κ1) is 39.0. The number of hydrogen-bond acceptors (Lipinski definition) is 7. The Kier molecular flexibility index (Phi) is 18.1. The van der Waals surface area contributed by atoms with Gasteiger partial charge in [-0.3, -0.25) is 8.42 Å². The summed E-state index contributed by atoms with van der Waals surface area (Å²) in [5.74, 6) is 3.85. The van der Waals surface area contributed by atoms with Crippen LogP contribution in [0, 0.1) is 11.8 Å². The molecule has 0 amide bonds. The molecule has 2 aromatic carbocycles. The minimum Gasteiger partial charge on any atom is -0.496 e. The van der Waals surface area contributed by atoms with E-state index < -0.39 is 21.6 Å². The molecule has 0 bridgehead atoms. The van der Waals surface area contributed by atoms with Crippen molar-refractivity contribution in [3.8, 4) is 23.0 Å². The van der Waals surface area contributed by atoms with Crippen LogP contribution in [0.2, 0.25) is 0 Å². The maximum atomic E-state index is 13.4. The van der Waals surface area contributed by atoms with Crippen LogP contribution in [0.3, 0.4) is 0 Å². The molecule has 0 aromatic heterocycles. The molecule has 2 rings (SSSR count). The second-order valence-electron chi connectivity index (χ2n) is 11.2. The fourth-order valence-corrected chi connectivity index (χ4v) is 7.09. The van der Waals surface area contributed by atoms with Crippen molar-refractivity contribution >= 4 is 44.5 Å². The maximum Gasteiger partial charge on any atom is 0.146 e. The van der Waals surface area contributed by atoms with Crippen molar-refractivity contribution < 1.29 is 27.4 Å². The van der Waals surface area contributed by atoms with Crippen LogP contribution < -0.4 is 24.3 Å². The molecular formula is C35H55NO6S3. The largest absolute Gasteiger partial charge is 0.496 e. The van der Waals surface area contributed by atoms with Crippen LogP contribution in [0.5, 0.6) is 23.0 Å². The molecule has 45 heavy (non-hydrogen) atoms. The highest BCUT2D eigenvalue weighted by Crippen LogP contribution is 2.38. The Hall–Kier alpha value is -2.17. The summed E-state index contributed by atoms with van der Waals surface area (Å²) in [5, 5.41) is 3.36. The summed E-state index contributed by atoms with van der Waals surface area (Å²) in [5.41, 5.74) is 1.18. The summed E-state index contributed by atoms with van der Waals surface area (Å²) in [6.45, 7) is 13.6.